The largest absolute Gasteiger partial charge is 0.367 e. The van der Waals surface area contributed by atoms with Gasteiger partial charge in [0.25, 0.3) is 5.69 Å². The highest BCUT2D eigenvalue weighted by Crippen LogP contribution is 2.28. The van der Waals surface area contributed by atoms with Crippen LogP contribution >= 0.6 is 11.8 Å². The van der Waals surface area contributed by atoms with E-state index >= 15 is 0 Å². The van der Waals surface area contributed by atoms with Crippen LogP contribution in [0.5, 0.6) is 0 Å². The van der Waals surface area contributed by atoms with Crippen molar-refractivity contribution in [1.29, 1.82) is 0 Å². The molecule has 1 aliphatic rings. The highest BCUT2D eigenvalue weighted by molar-refractivity contribution is 7.99. The van der Waals surface area contributed by atoms with Gasteiger partial charge in [-0.3, -0.25) is 10.1 Å². The third kappa shape index (κ3) is 3.35. The lowest BCUT2D eigenvalue weighted by atomic mass is 9.95. The van der Waals surface area contributed by atoms with Crippen LogP contribution in [-0.2, 0) is 0 Å². The van der Waals surface area contributed by atoms with E-state index in [-0.39, 0.29) is 5.69 Å². The Labute approximate surface area is 111 Å². The van der Waals surface area contributed by atoms with E-state index in [1.807, 2.05) is 11.8 Å². The average molecular weight is 267 g/mol. The molecule has 2 rings (SSSR count). The molecule has 0 bridgehead atoms. The third-order valence-electron chi connectivity index (χ3n) is 3.27. The van der Waals surface area contributed by atoms with Gasteiger partial charge in [0.2, 0.25) is 0 Å². The summed E-state index contributed by atoms with van der Waals surface area (Å²) in [6.45, 7) is 0. The zero-order valence-electron chi connectivity index (χ0n) is 10.3. The number of anilines is 1. The number of rotatable bonds is 4. The van der Waals surface area contributed by atoms with Crippen LogP contribution in [0.15, 0.2) is 18.3 Å². The van der Waals surface area contributed by atoms with Gasteiger partial charge < -0.3 is 5.32 Å². The minimum absolute atomic E-state index is 0.0335. The van der Waals surface area contributed by atoms with Gasteiger partial charge in [-0.25, -0.2) is 4.98 Å². The molecule has 0 aliphatic heterocycles. The van der Waals surface area contributed by atoms with E-state index in [4.69, 9.17) is 0 Å². The summed E-state index contributed by atoms with van der Waals surface area (Å²) in [7, 11) is 0. The predicted octanol–water partition coefficient (Wildman–Crippen LogP) is 3.08. The molecule has 1 saturated carbocycles. The van der Waals surface area contributed by atoms with E-state index < -0.39 is 4.92 Å². The van der Waals surface area contributed by atoms with Crippen molar-refractivity contribution in [2.24, 2.45) is 0 Å². The van der Waals surface area contributed by atoms with Crippen molar-refractivity contribution in [1.82, 2.24) is 4.98 Å². The topological polar surface area (TPSA) is 68.1 Å². The third-order valence-corrected chi connectivity index (χ3v) is 4.36. The molecular formula is C12H17N3O2S. The highest BCUT2D eigenvalue weighted by atomic mass is 32.2. The van der Waals surface area contributed by atoms with Gasteiger partial charge >= 0.3 is 0 Å². The molecule has 18 heavy (non-hydrogen) atoms. The van der Waals surface area contributed by atoms with Crippen LogP contribution in [0.25, 0.3) is 0 Å². The van der Waals surface area contributed by atoms with Gasteiger partial charge in [-0.1, -0.05) is 6.42 Å². The lowest BCUT2D eigenvalue weighted by Crippen LogP contribution is -2.28. The summed E-state index contributed by atoms with van der Waals surface area (Å²) >= 11 is 1.92. The first-order valence-corrected chi connectivity index (χ1v) is 7.37. The normalized spacial score (nSPS) is 23.6. The number of nitro groups is 1. The van der Waals surface area contributed by atoms with Gasteiger partial charge in [0.05, 0.1) is 4.92 Å². The second-order valence-electron chi connectivity index (χ2n) is 4.52. The molecule has 2 atom stereocenters. The first kappa shape index (κ1) is 13.1. The minimum Gasteiger partial charge on any atom is -0.367 e. The Morgan fingerprint density at radius 2 is 2.33 bits per heavy atom. The number of hydrogen-bond donors (Lipinski definition) is 1. The van der Waals surface area contributed by atoms with Crippen molar-refractivity contribution in [3.05, 3.63) is 28.4 Å². The molecule has 1 aromatic heterocycles. The Bertz CT molecular complexity index is 410. The SMILES string of the molecule is CSC1CCCC(Nc2ccc([N+](=O)[O-])cn2)C1. The lowest BCUT2D eigenvalue weighted by Gasteiger charge is -2.28. The molecule has 1 aliphatic carbocycles. The summed E-state index contributed by atoms with van der Waals surface area (Å²) in [5.41, 5.74) is 0.0335. The Kier molecular flexibility index (Phi) is 4.41. The zero-order valence-corrected chi connectivity index (χ0v) is 11.2. The van der Waals surface area contributed by atoms with Crippen LogP contribution in [0.4, 0.5) is 11.5 Å². The maximum absolute atomic E-state index is 10.5. The summed E-state index contributed by atoms with van der Waals surface area (Å²) in [4.78, 5) is 14.2. The molecule has 0 saturated heterocycles. The van der Waals surface area contributed by atoms with E-state index in [9.17, 15) is 10.1 Å². The molecule has 98 valence electrons. The predicted molar refractivity (Wildman–Crippen MR) is 74.1 cm³/mol. The van der Waals surface area contributed by atoms with Crippen molar-refractivity contribution in [2.75, 3.05) is 11.6 Å². The second-order valence-corrected chi connectivity index (χ2v) is 5.66. The minimum atomic E-state index is -0.429. The van der Waals surface area contributed by atoms with Gasteiger partial charge in [0.1, 0.15) is 12.0 Å². The quantitative estimate of drug-likeness (QED) is 0.670. The molecule has 0 radical (unpaired) electrons. The van der Waals surface area contributed by atoms with Crippen LogP contribution in [0, 0.1) is 10.1 Å². The van der Waals surface area contributed by atoms with Crippen LogP contribution in [-0.4, -0.2) is 27.5 Å². The monoisotopic (exact) mass is 267 g/mol. The van der Waals surface area contributed by atoms with E-state index in [0.29, 0.717) is 11.3 Å². The van der Waals surface area contributed by atoms with Gasteiger partial charge in [-0.05, 0) is 31.6 Å². The number of pyridine rings is 1. The highest BCUT2D eigenvalue weighted by Gasteiger charge is 2.21. The number of nitrogens with zero attached hydrogens (tertiary/aromatic N) is 2. The Hall–Kier alpha value is -1.30. The number of hydrogen-bond acceptors (Lipinski definition) is 5. The fourth-order valence-electron chi connectivity index (χ4n) is 2.28. The summed E-state index contributed by atoms with van der Waals surface area (Å²) in [6, 6.07) is 3.61. The molecule has 0 amide bonds. The Morgan fingerprint density at radius 3 is 2.94 bits per heavy atom. The molecule has 1 N–H and O–H groups in total. The fraction of sp³-hybridized carbons (Fsp3) is 0.583. The maximum Gasteiger partial charge on any atom is 0.287 e. The van der Waals surface area contributed by atoms with E-state index in [1.165, 1.54) is 25.1 Å². The van der Waals surface area contributed by atoms with Crippen molar-refractivity contribution in [3.8, 4) is 0 Å². The number of nitrogens with one attached hydrogen (secondary N) is 1. The molecule has 2 unspecified atom stereocenters. The van der Waals surface area contributed by atoms with Crippen molar-refractivity contribution in [3.63, 3.8) is 0 Å². The zero-order chi connectivity index (χ0) is 13.0. The van der Waals surface area contributed by atoms with Crippen molar-refractivity contribution >= 4 is 23.3 Å². The summed E-state index contributed by atoms with van der Waals surface area (Å²) < 4.78 is 0. The summed E-state index contributed by atoms with van der Waals surface area (Å²) in [5.74, 6) is 0.729. The fourth-order valence-corrected chi connectivity index (χ4v) is 3.11. The molecule has 6 heteroatoms. The molecule has 1 fully saturated rings. The lowest BCUT2D eigenvalue weighted by molar-refractivity contribution is -0.385. The van der Waals surface area contributed by atoms with Crippen LogP contribution in [0.3, 0.4) is 0 Å². The Balaban J connectivity index is 1.94. The molecule has 0 spiro atoms. The van der Waals surface area contributed by atoms with Crippen LogP contribution < -0.4 is 5.32 Å². The number of aromatic nitrogens is 1. The first-order chi connectivity index (χ1) is 8.69. The first-order valence-electron chi connectivity index (χ1n) is 6.09. The second kappa shape index (κ2) is 6.04. The molecule has 0 aromatic carbocycles. The smallest absolute Gasteiger partial charge is 0.287 e. The van der Waals surface area contributed by atoms with Crippen LogP contribution in [0.2, 0.25) is 0 Å². The average Bonchev–Trinajstić information content (AvgIpc) is 2.39. The van der Waals surface area contributed by atoms with Gasteiger partial charge in [0.15, 0.2) is 0 Å². The molecule has 1 heterocycles. The van der Waals surface area contributed by atoms with Crippen LogP contribution in [0.1, 0.15) is 25.7 Å². The molecular weight excluding hydrogens is 250 g/mol. The summed E-state index contributed by atoms with van der Waals surface area (Å²) in [6.07, 6.45) is 8.26. The Morgan fingerprint density at radius 1 is 1.50 bits per heavy atom. The standard InChI is InChI=1S/C12H17N3O2S/c1-18-11-4-2-3-9(7-11)14-12-6-5-10(8-13-12)15(16)17/h5-6,8-9,11H,2-4,7H2,1H3,(H,13,14). The van der Waals surface area contributed by atoms with Gasteiger partial charge in [-0.15, -0.1) is 0 Å². The van der Waals surface area contributed by atoms with Gasteiger partial charge in [-0.2, -0.15) is 11.8 Å². The van der Waals surface area contributed by atoms with E-state index in [1.54, 1.807) is 6.07 Å². The van der Waals surface area contributed by atoms with E-state index in [2.05, 4.69) is 16.6 Å². The summed E-state index contributed by atoms with van der Waals surface area (Å²) in [5, 5.41) is 14.6. The van der Waals surface area contributed by atoms with Crippen molar-refractivity contribution in [2.45, 2.75) is 37.0 Å². The molecule has 5 nitrogen and oxygen atoms in total. The number of thioether (sulfide) groups is 1. The van der Waals surface area contributed by atoms with Gasteiger partial charge in [0, 0.05) is 17.4 Å². The maximum atomic E-state index is 10.5. The molecule has 1 aromatic rings. The van der Waals surface area contributed by atoms with Crippen molar-refractivity contribution < 1.29 is 4.92 Å². The van der Waals surface area contributed by atoms with E-state index in [0.717, 1.165) is 18.7 Å².